The second-order valence-electron chi connectivity index (χ2n) is 3.21. The fourth-order valence-electron chi connectivity index (χ4n) is 1.49. The van der Waals surface area contributed by atoms with E-state index in [1.807, 2.05) is 24.3 Å². The Labute approximate surface area is 84.3 Å². The van der Waals surface area contributed by atoms with E-state index in [1.54, 1.807) is 0 Å². The third kappa shape index (κ3) is 2.56. The molecule has 0 fully saturated rings. The summed E-state index contributed by atoms with van der Waals surface area (Å²) >= 11 is 0. The highest BCUT2D eigenvalue weighted by atomic mass is 14.6. The standard InChI is InChI=1S/C11H15N3/c12-7-5-9-3-1-2-4-10(9)11(14)6-8-13/h1-4,11H,5-7,12,14H2/t11-/m1/s1. The Hall–Kier alpha value is -1.37. The van der Waals surface area contributed by atoms with E-state index in [9.17, 15) is 0 Å². The van der Waals surface area contributed by atoms with Crippen molar-refractivity contribution in [2.24, 2.45) is 11.5 Å². The minimum absolute atomic E-state index is 0.192. The quantitative estimate of drug-likeness (QED) is 0.744. The van der Waals surface area contributed by atoms with Gasteiger partial charge in [0.25, 0.3) is 0 Å². The maximum Gasteiger partial charge on any atom is 0.0641 e. The number of nitrogens with zero attached hydrogens (tertiary/aromatic N) is 1. The van der Waals surface area contributed by atoms with Crippen LogP contribution >= 0.6 is 0 Å². The molecule has 3 heteroatoms. The van der Waals surface area contributed by atoms with Gasteiger partial charge in [-0.05, 0) is 24.1 Å². The predicted octanol–water partition coefficient (Wildman–Crippen LogP) is 1.10. The molecular formula is C11H15N3. The first kappa shape index (κ1) is 10.7. The van der Waals surface area contributed by atoms with E-state index in [0.29, 0.717) is 13.0 Å². The van der Waals surface area contributed by atoms with Crippen LogP contribution in [0.4, 0.5) is 0 Å². The zero-order valence-corrected chi connectivity index (χ0v) is 8.11. The van der Waals surface area contributed by atoms with Crippen molar-refractivity contribution in [1.82, 2.24) is 0 Å². The van der Waals surface area contributed by atoms with Crippen LogP contribution in [0, 0.1) is 11.3 Å². The van der Waals surface area contributed by atoms with Gasteiger partial charge in [0.05, 0.1) is 12.5 Å². The number of nitriles is 1. The van der Waals surface area contributed by atoms with Crippen molar-refractivity contribution in [3.8, 4) is 6.07 Å². The number of benzene rings is 1. The Balaban J connectivity index is 2.89. The molecule has 0 amide bonds. The molecule has 0 saturated carbocycles. The average molecular weight is 189 g/mol. The molecule has 0 aromatic heterocycles. The van der Waals surface area contributed by atoms with Crippen LogP contribution in [0.15, 0.2) is 24.3 Å². The van der Waals surface area contributed by atoms with Crippen LogP contribution in [0.5, 0.6) is 0 Å². The first-order valence-corrected chi connectivity index (χ1v) is 4.70. The lowest BCUT2D eigenvalue weighted by molar-refractivity contribution is 0.733. The van der Waals surface area contributed by atoms with Gasteiger partial charge in [0.15, 0.2) is 0 Å². The van der Waals surface area contributed by atoms with Crippen LogP contribution in [0.1, 0.15) is 23.6 Å². The van der Waals surface area contributed by atoms with Crippen molar-refractivity contribution in [1.29, 1.82) is 5.26 Å². The molecule has 0 bridgehead atoms. The van der Waals surface area contributed by atoms with Crippen molar-refractivity contribution in [3.63, 3.8) is 0 Å². The normalized spacial score (nSPS) is 12.1. The molecule has 1 aromatic carbocycles. The maximum absolute atomic E-state index is 8.56. The molecule has 0 radical (unpaired) electrons. The molecule has 1 atom stereocenters. The van der Waals surface area contributed by atoms with Crippen LogP contribution < -0.4 is 11.5 Å². The Morgan fingerprint density at radius 1 is 1.36 bits per heavy atom. The summed E-state index contributed by atoms with van der Waals surface area (Å²) in [6, 6.07) is 9.77. The van der Waals surface area contributed by atoms with Crippen molar-refractivity contribution in [3.05, 3.63) is 35.4 Å². The van der Waals surface area contributed by atoms with Gasteiger partial charge in [-0.3, -0.25) is 0 Å². The molecule has 0 aliphatic heterocycles. The van der Waals surface area contributed by atoms with Crippen molar-refractivity contribution in [2.45, 2.75) is 18.9 Å². The van der Waals surface area contributed by atoms with Crippen LogP contribution in [0.2, 0.25) is 0 Å². The number of rotatable bonds is 4. The lowest BCUT2D eigenvalue weighted by Gasteiger charge is -2.13. The van der Waals surface area contributed by atoms with Crippen LogP contribution in [0.3, 0.4) is 0 Å². The molecule has 1 rings (SSSR count). The summed E-state index contributed by atoms with van der Waals surface area (Å²) in [6.45, 7) is 0.607. The topological polar surface area (TPSA) is 75.8 Å². The third-order valence-corrected chi connectivity index (χ3v) is 2.18. The predicted molar refractivity (Wildman–Crippen MR) is 56.4 cm³/mol. The Bertz CT molecular complexity index is 328. The highest BCUT2D eigenvalue weighted by Crippen LogP contribution is 2.18. The lowest BCUT2D eigenvalue weighted by Crippen LogP contribution is -2.13. The second kappa shape index (κ2) is 5.38. The minimum atomic E-state index is -0.192. The molecule has 1 aromatic rings. The summed E-state index contributed by atoms with van der Waals surface area (Å²) in [4.78, 5) is 0. The van der Waals surface area contributed by atoms with Crippen molar-refractivity contribution < 1.29 is 0 Å². The van der Waals surface area contributed by atoms with Gasteiger partial charge < -0.3 is 11.5 Å². The van der Waals surface area contributed by atoms with Crippen LogP contribution in [-0.2, 0) is 6.42 Å². The summed E-state index contributed by atoms with van der Waals surface area (Å²) in [5, 5.41) is 8.56. The lowest BCUT2D eigenvalue weighted by atomic mass is 9.97. The molecule has 0 saturated heterocycles. The van der Waals surface area contributed by atoms with E-state index in [-0.39, 0.29) is 6.04 Å². The zero-order valence-electron chi connectivity index (χ0n) is 8.11. The highest BCUT2D eigenvalue weighted by molar-refractivity contribution is 5.30. The number of hydrogen-bond acceptors (Lipinski definition) is 3. The third-order valence-electron chi connectivity index (χ3n) is 2.18. The molecule has 74 valence electrons. The zero-order chi connectivity index (χ0) is 10.4. The number of hydrogen-bond donors (Lipinski definition) is 2. The average Bonchev–Trinajstić information content (AvgIpc) is 2.19. The summed E-state index contributed by atoms with van der Waals surface area (Å²) in [7, 11) is 0. The first-order valence-electron chi connectivity index (χ1n) is 4.70. The SMILES string of the molecule is N#CC[C@@H](N)c1ccccc1CCN. The summed E-state index contributed by atoms with van der Waals surface area (Å²) in [5.41, 5.74) is 13.6. The van der Waals surface area contributed by atoms with Crippen molar-refractivity contribution >= 4 is 0 Å². The van der Waals surface area contributed by atoms with Gasteiger partial charge in [0.2, 0.25) is 0 Å². The van der Waals surface area contributed by atoms with Crippen molar-refractivity contribution in [2.75, 3.05) is 6.54 Å². The van der Waals surface area contributed by atoms with E-state index >= 15 is 0 Å². The van der Waals surface area contributed by atoms with E-state index < -0.39 is 0 Å². The van der Waals surface area contributed by atoms with Gasteiger partial charge in [-0.15, -0.1) is 0 Å². The Morgan fingerprint density at radius 2 is 2.07 bits per heavy atom. The van der Waals surface area contributed by atoms with Gasteiger partial charge >= 0.3 is 0 Å². The Kier molecular flexibility index (Phi) is 4.11. The molecule has 0 heterocycles. The minimum Gasteiger partial charge on any atom is -0.330 e. The molecular weight excluding hydrogens is 174 g/mol. The van der Waals surface area contributed by atoms with Gasteiger partial charge in [-0.1, -0.05) is 24.3 Å². The van der Waals surface area contributed by atoms with E-state index in [1.165, 1.54) is 0 Å². The van der Waals surface area contributed by atoms with E-state index in [4.69, 9.17) is 16.7 Å². The van der Waals surface area contributed by atoms with Crippen LogP contribution in [-0.4, -0.2) is 6.54 Å². The fourth-order valence-corrected chi connectivity index (χ4v) is 1.49. The van der Waals surface area contributed by atoms with Crippen LogP contribution in [0.25, 0.3) is 0 Å². The maximum atomic E-state index is 8.56. The Morgan fingerprint density at radius 3 is 2.71 bits per heavy atom. The van der Waals surface area contributed by atoms with E-state index in [0.717, 1.165) is 17.5 Å². The molecule has 0 unspecified atom stereocenters. The largest absolute Gasteiger partial charge is 0.330 e. The molecule has 0 spiro atoms. The molecule has 0 aliphatic rings. The highest BCUT2D eigenvalue weighted by Gasteiger charge is 2.08. The van der Waals surface area contributed by atoms with Gasteiger partial charge in [-0.2, -0.15) is 5.26 Å². The molecule has 14 heavy (non-hydrogen) atoms. The summed E-state index contributed by atoms with van der Waals surface area (Å²) in [5.74, 6) is 0. The van der Waals surface area contributed by atoms with Gasteiger partial charge in [0, 0.05) is 6.04 Å². The molecule has 3 nitrogen and oxygen atoms in total. The first-order chi connectivity index (χ1) is 6.79. The molecule has 0 aliphatic carbocycles. The summed E-state index contributed by atoms with van der Waals surface area (Å²) in [6.07, 6.45) is 1.16. The summed E-state index contributed by atoms with van der Waals surface area (Å²) < 4.78 is 0. The molecule has 4 N–H and O–H groups in total. The van der Waals surface area contributed by atoms with E-state index in [2.05, 4.69) is 6.07 Å². The fraction of sp³-hybridized carbons (Fsp3) is 0.364. The monoisotopic (exact) mass is 189 g/mol. The smallest absolute Gasteiger partial charge is 0.0641 e. The van der Waals surface area contributed by atoms with Gasteiger partial charge in [0.1, 0.15) is 0 Å². The second-order valence-corrected chi connectivity index (χ2v) is 3.21. The number of nitrogens with two attached hydrogens (primary N) is 2. The van der Waals surface area contributed by atoms with Gasteiger partial charge in [-0.25, -0.2) is 0 Å².